The Balaban J connectivity index is 1.06. The molecule has 12 aromatic carbocycles. The van der Waals surface area contributed by atoms with Crippen LogP contribution in [0.25, 0.3) is 75.8 Å². The molecule has 0 aliphatic rings. The van der Waals surface area contributed by atoms with Crippen LogP contribution < -0.4 is 27.1 Å². The van der Waals surface area contributed by atoms with Gasteiger partial charge in [-0.15, -0.1) is 0 Å². The van der Waals surface area contributed by atoms with E-state index in [1.54, 1.807) is 0 Å². The minimum atomic E-state index is -2.21. The number of benzene rings is 11. The molecule has 0 heterocycles. The van der Waals surface area contributed by atoms with Crippen LogP contribution in [0.2, 0.25) is 0 Å². The predicted octanol–water partition coefficient (Wildman–Crippen LogP) is 18.0. The van der Waals surface area contributed by atoms with Crippen LogP contribution in [0.3, 0.4) is 0 Å². The van der Waals surface area contributed by atoms with Gasteiger partial charge in [-0.1, -0.05) is 182 Å². The predicted molar refractivity (Wildman–Crippen MR) is 287 cm³/mol. The van der Waals surface area contributed by atoms with E-state index >= 15 is 0 Å². The van der Waals surface area contributed by atoms with Gasteiger partial charge in [-0.25, -0.2) is 0 Å². The molecule has 0 bridgehead atoms. The average Bonchev–Trinajstić information content (AvgIpc) is 3.39. The lowest BCUT2D eigenvalue weighted by Gasteiger charge is -2.26. The van der Waals surface area contributed by atoms with Gasteiger partial charge in [-0.2, -0.15) is 0 Å². The third kappa shape index (κ3) is 8.27. The molecule has 0 N–H and O–H groups in total. The van der Waals surface area contributed by atoms with E-state index < -0.39 is 17.2 Å². The highest BCUT2D eigenvalue weighted by Crippen LogP contribution is 2.56. The van der Waals surface area contributed by atoms with Crippen LogP contribution in [-0.2, 0) is 0 Å². The molecular weight excluding hydrogens is 903 g/mol. The van der Waals surface area contributed by atoms with E-state index in [4.69, 9.17) is 27.1 Å². The van der Waals surface area contributed by atoms with Crippen molar-refractivity contribution >= 4 is 81.8 Å². The van der Waals surface area contributed by atoms with Gasteiger partial charge in [0, 0.05) is 27.3 Å². The van der Waals surface area contributed by atoms with Crippen LogP contribution in [0.1, 0.15) is 11.1 Å². The molecule has 0 aliphatic carbocycles. The number of fused-ring (bicyclic) bond motifs is 6. The Morgan fingerprint density at radius 1 is 0.314 bits per heavy atom. The normalized spacial score (nSPS) is 11.4. The van der Waals surface area contributed by atoms with Crippen molar-refractivity contribution in [2.75, 3.05) is 0 Å². The van der Waals surface area contributed by atoms with Crippen molar-refractivity contribution < 1.29 is 27.1 Å². The molecule has 0 radical (unpaired) electrons. The van der Waals surface area contributed by atoms with Gasteiger partial charge >= 0.3 is 17.2 Å². The first-order chi connectivity index (χ1) is 34.5. The van der Waals surface area contributed by atoms with E-state index in [1.165, 1.54) is 0 Å². The Hall–Kier alpha value is -8.32. The van der Waals surface area contributed by atoms with Gasteiger partial charge < -0.3 is 27.1 Å². The van der Waals surface area contributed by atoms with Gasteiger partial charge in [-0.05, 0) is 117 Å². The highest BCUT2D eigenvalue weighted by Gasteiger charge is 2.31. The minimum Gasteiger partial charge on any atom is -0.408 e. The zero-order valence-electron chi connectivity index (χ0n) is 38.1. The van der Waals surface area contributed by atoms with E-state index in [0.717, 1.165) is 86.9 Å². The van der Waals surface area contributed by atoms with Gasteiger partial charge in [0.05, 0.1) is 5.39 Å². The lowest BCUT2D eigenvalue weighted by molar-refractivity contribution is 0.388. The van der Waals surface area contributed by atoms with E-state index in [0.29, 0.717) is 34.5 Å². The summed E-state index contributed by atoms with van der Waals surface area (Å²) in [5, 5.41) is 11.6. The lowest BCUT2D eigenvalue weighted by Crippen LogP contribution is -2.07. The summed E-state index contributed by atoms with van der Waals surface area (Å²) in [7, 11) is -4.40. The first-order valence-corrected chi connectivity index (χ1v) is 25.2. The fourth-order valence-electron chi connectivity index (χ4n) is 9.22. The van der Waals surface area contributed by atoms with Gasteiger partial charge in [0.15, 0.2) is 0 Å². The summed E-state index contributed by atoms with van der Waals surface area (Å²) in [5.41, 5.74) is 3.39. The van der Waals surface area contributed by atoms with Crippen molar-refractivity contribution in [3.63, 3.8) is 0 Å². The summed E-state index contributed by atoms with van der Waals surface area (Å²) in [4.78, 5) is 0. The van der Waals surface area contributed by atoms with Crippen LogP contribution in [0.4, 0.5) is 0 Å². The molecule has 1 atom stereocenters. The molecule has 336 valence electrons. The van der Waals surface area contributed by atoms with E-state index in [-0.39, 0.29) is 0 Å². The molecule has 0 saturated heterocycles. The van der Waals surface area contributed by atoms with Crippen LogP contribution in [0.15, 0.2) is 218 Å². The van der Waals surface area contributed by atoms with Gasteiger partial charge in [-0.3, -0.25) is 0 Å². The topological polar surface area (TPSA) is 55.4 Å². The second-order valence-corrected chi connectivity index (χ2v) is 19.0. The minimum absolute atomic E-state index is 0.563. The number of hydrogen-bond donors (Lipinski definition) is 0. The lowest BCUT2D eigenvalue weighted by atomic mass is 9.89. The molecule has 0 aliphatic heterocycles. The Morgan fingerprint density at radius 2 is 0.657 bits per heavy atom. The fourth-order valence-corrected chi connectivity index (χ4v) is 11.5. The van der Waals surface area contributed by atoms with Crippen LogP contribution in [0.5, 0.6) is 34.5 Å². The summed E-state index contributed by atoms with van der Waals surface area (Å²) in [6.45, 7) is 4.14. The molecule has 12 aromatic rings. The average molecular weight is 945 g/mol. The smallest absolute Gasteiger partial charge is 0.408 e. The first-order valence-electron chi connectivity index (χ1n) is 23.0. The molecule has 1 unspecified atom stereocenters. The SMILES string of the molecule is Cc1cc2ccccc2c(-c2c(OP(Oc3cccc4ccccc34)Oc3cccc4ccccc34)c(C)cc3ccccc23)c1OP(Oc1cccc2ccc#cc12)Oc1cccc2ccccc12. The maximum absolute atomic E-state index is 7.38. The monoisotopic (exact) mass is 944 g/mol. The highest BCUT2D eigenvalue weighted by molar-refractivity contribution is 7.43. The standard InChI is InChI=1S/C62H42O6P2/c1-41-39-47-23-7-13-33-53(47)59(61(41)67-69(63-55-35-15-25-43-19-3-9-29-49(43)55)64-56-36-16-26-44-20-4-10-30-50(44)56)60-54-34-14-8-24-48(54)40-42(2)62(60)68-70(65-57-37-17-27-45-21-5-11-31-51(45)57)66-58-38-18-28-46-22-6-12-32-52(46)58/h3-11,13-31,33-40H,1-2H3. The summed E-state index contributed by atoms with van der Waals surface area (Å²) in [6, 6.07) is 79.7. The van der Waals surface area contributed by atoms with Crippen molar-refractivity contribution in [1.29, 1.82) is 0 Å². The molecule has 0 fully saturated rings. The van der Waals surface area contributed by atoms with Gasteiger partial charge in [0.2, 0.25) is 0 Å². The largest absolute Gasteiger partial charge is 0.530 e. The maximum atomic E-state index is 7.38. The molecule has 0 amide bonds. The Bertz CT molecular complexity index is 3490. The molecule has 0 saturated carbocycles. The maximum Gasteiger partial charge on any atom is 0.530 e. The molecule has 8 heteroatoms. The van der Waals surface area contributed by atoms with Crippen molar-refractivity contribution in [3.05, 3.63) is 242 Å². The zero-order chi connectivity index (χ0) is 47.0. The summed E-state index contributed by atoms with van der Waals surface area (Å²) in [5.74, 6) is 3.65. The number of hydrogen-bond acceptors (Lipinski definition) is 6. The highest BCUT2D eigenvalue weighted by atomic mass is 31.2. The van der Waals surface area contributed by atoms with E-state index in [2.05, 4.69) is 135 Å². The Morgan fingerprint density at radius 3 is 1.10 bits per heavy atom. The molecule has 12 rings (SSSR count). The summed E-state index contributed by atoms with van der Waals surface area (Å²) in [6.07, 6.45) is 0. The van der Waals surface area contributed by atoms with Crippen LogP contribution in [-0.4, -0.2) is 0 Å². The quantitative estimate of drug-likeness (QED) is 0.107. The second-order valence-electron chi connectivity index (χ2n) is 17.0. The number of aryl methyl sites for hydroxylation is 2. The third-order valence-corrected chi connectivity index (χ3v) is 14.5. The molecule has 0 aromatic heterocycles. The second kappa shape index (κ2) is 18.6. The van der Waals surface area contributed by atoms with E-state index in [1.807, 2.05) is 109 Å². The van der Waals surface area contributed by atoms with Crippen molar-refractivity contribution in [2.45, 2.75) is 13.8 Å². The Kier molecular flexibility index (Phi) is 11.4. The first kappa shape index (κ1) is 43.0. The Labute approximate surface area is 408 Å². The zero-order valence-corrected chi connectivity index (χ0v) is 39.9. The molecule has 0 spiro atoms. The van der Waals surface area contributed by atoms with Crippen molar-refractivity contribution in [1.82, 2.24) is 0 Å². The molecule has 6 nitrogen and oxygen atoms in total. The van der Waals surface area contributed by atoms with Crippen molar-refractivity contribution in [3.8, 4) is 45.6 Å². The van der Waals surface area contributed by atoms with E-state index in [9.17, 15) is 0 Å². The number of rotatable bonds is 13. The van der Waals surface area contributed by atoms with Crippen molar-refractivity contribution in [2.24, 2.45) is 0 Å². The third-order valence-electron chi connectivity index (χ3n) is 12.5. The van der Waals surface area contributed by atoms with Gasteiger partial charge in [0.25, 0.3) is 0 Å². The summed E-state index contributed by atoms with van der Waals surface area (Å²) < 4.78 is 42.7. The summed E-state index contributed by atoms with van der Waals surface area (Å²) >= 11 is 0. The van der Waals surface area contributed by atoms with Gasteiger partial charge in [0.1, 0.15) is 34.5 Å². The molecule has 70 heavy (non-hydrogen) atoms. The van der Waals surface area contributed by atoms with Crippen LogP contribution in [0, 0.1) is 26.0 Å². The van der Waals surface area contributed by atoms with Crippen LogP contribution >= 0.6 is 17.2 Å². The molecular formula is C62H42O6P2. The fraction of sp³-hybridized carbons (Fsp3) is 0.0323.